The Morgan fingerprint density at radius 3 is 2.81 bits per heavy atom. The van der Waals surface area contributed by atoms with Gasteiger partial charge in [-0.1, -0.05) is 36.4 Å². The molecule has 1 saturated heterocycles. The van der Waals surface area contributed by atoms with Gasteiger partial charge in [0.15, 0.2) is 23.4 Å². The number of hydrogen-bond donors (Lipinski definition) is 0. The van der Waals surface area contributed by atoms with Gasteiger partial charge in [-0.25, -0.2) is 0 Å². The minimum atomic E-state index is -0.466. The number of benzene rings is 2. The average Bonchev–Trinajstić information content (AvgIpc) is 3.18. The molecule has 6 rings (SSSR count). The normalized spacial score (nSPS) is 32.4. The Balaban J connectivity index is 1.40. The molecule has 0 amide bonds. The fraction of sp³-hybridized carbons (Fsp3) is 0.519. The van der Waals surface area contributed by atoms with E-state index >= 15 is 0 Å². The summed E-state index contributed by atoms with van der Waals surface area (Å²) >= 11 is 0. The van der Waals surface area contributed by atoms with Gasteiger partial charge < -0.3 is 19.1 Å². The van der Waals surface area contributed by atoms with E-state index in [4.69, 9.17) is 14.2 Å². The van der Waals surface area contributed by atoms with Crippen LogP contribution >= 0.6 is 0 Å². The third-order valence-corrected chi connectivity index (χ3v) is 8.50. The summed E-state index contributed by atoms with van der Waals surface area (Å²) < 4.78 is 19.1. The number of ether oxygens (including phenoxy) is 3. The van der Waals surface area contributed by atoms with Gasteiger partial charge in [0.05, 0.1) is 18.1 Å². The molecule has 5 nitrogen and oxygen atoms in total. The smallest absolute Gasteiger partial charge is 0.174 e. The first kappa shape index (κ1) is 20.3. The highest BCUT2D eigenvalue weighted by atomic mass is 16.5. The molecule has 2 fully saturated rings. The molecule has 2 aliphatic carbocycles. The molecule has 0 unspecified atom stereocenters. The molecule has 1 saturated carbocycles. The largest absolute Gasteiger partial charge is 0.493 e. The summed E-state index contributed by atoms with van der Waals surface area (Å²) in [5, 5.41) is 0. The second kappa shape index (κ2) is 7.32. The van der Waals surface area contributed by atoms with Crippen LogP contribution in [0.15, 0.2) is 42.5 Å². The number of nitrogens with zero attached hydrogens (tertiary/aromatic N) is 1. The van der Waals surface area contributed by atoms with E-state index in [2.05, 4.69) is 48.3 Å². The second-order valence-corrected chi connectivity index (χ2v) is 9.84. The van der Waals surface area contributed by atoms with Gasteiger partial charge in [0.25, 0.3) is 0 Å². The SMILES string of the molecule is COc1ccc2c3c1O[C@H]1C(=O)CC[C@@]4(OCCCc5ccccc5)[C@@H](C2)N(C)CC[C@]314. The Hall–Kier alpha value is -2.37. The highest BCUT2D eigenvalue weighted by Gasteiger charge is 2.73. The molecule has 0 aromatic heterocycles. The Kier molecular flexibility index (Phi) is 4.63. The van der Waals surface area contributed by atoms with Crippen LogP contribution in [0.25, 0.3) is 0 Å². The van der Waals surface area contributed by atoms with Crippen molar-refractivity contribution in [1.29, 1.82) is 0 Å². The van der Waals surface area contributed by atoms with Crippen molar-refractivity contribution < 1.29 is 19.0 Å². The Bertz CT molecular complexity index is 1050. The molecule has 2 aliphatic heterocycles. The number of likely N-dealkylation sites (N-methyl/N-ethyl adjacent to an activating group) is 1. The standard InChI is InChI=1S/C27H31NO4/c1-28-15-14-26-23-19-10-11-21(30-2)24(23)32-25(26)20(29)12-13-27(26,22(28)17-19)31-16-6-9-18-7-4-3-5-8-18/h3-5,7-8,10-11,22,25H,6,9,12-17H2,1-2H3/t22-,25+,26+,27-/m1/s1. The van der Waals surface area contributed by atoms with Gasteiger partial charge in [-0.15, -0.1) is 0 Å². The number of hydrogen-bond acceptors (Lipinski definition) is 5. The number of Topliss-reactive ketones (excluding diaryl/α,β-unsaturated/α-hetero) is 1. The summed E-state index contributed by atoms with van der Waals surface area (Å²) in [6, 6.07) is 15.0. The first-order chi connectivity index (χ1) is 15.6. The molecule has 2 heterocycles. The van der Waals surface area contributed by atoms with E-state index in [0.29, 0.717) is 13.0 Å². The van der Waals surface area contributed by atoms with E-state index in [1.807, 2.05) is 6.07 Å². The summed E-state index contributed by atoms with van der Waals surface area (Å²) in [7, 11) is 3.89. The molecule has 4 atom stereocenters. The number of ketones is 1. The Labute approximate surface area is 189 Å². The minimum absolute atomic E-state index is 0.211. The molecule has 0 N–H and O–H groups in total. The zero-order valence-electron chi connectivity index (χ0n) is 18.9. The number of methoxy groups -OCH3 is 1. The molecule has 168 valence electrons. The molecule has 4 aliphatic rings. The molecule has 5 heteroatoms. The van der Waals surface area contributed by atoms with Gasteiger partial charge >= 0.3 is 0 Å². The number of aryl methyl sites for hydroxylation is 1. The van der Waals surface area contributed by atoms with Crippen LogP contribution in [0.5, 0.6) is 11.5 Å². The molecular formula is C27H31NO4. The molecular weight excluding hydrogens is 402 g/mol. The van der Waals surface area contributed by atoms with Crippen molar-refractivity contribution in [3.63, 3.8) is 0 Å². The molecule has 1 spiro atoms. The van der Waals surface area contributed by atoms with Crippen molar-refractivity contribution in [3.8, 4) is 11.5 Å². The summed E-state index contributed by atoms with van der Waals surface area (Å²) in [6.45, 7) is 1.64. The topological polar surface area (TPSA) is 48.0 Å². The highest BCUT2D eigenvalue weighted by molar-refractivity contribution is 5.90. The number of rotatable bonds is 6. The molecule has 2 aromatic carbocycles. The zero-order chi connectivity index (χ0) is 21.9. The van der Waals surface area contributed by atoms with Crippen LogP contribution in [0.2, 0.25) is 0 Å². The number of carbonyl (C=O) groups excluding carboxylic acids is 1. The minimum Gasteiger partial charge on any atom is -0.493 e. The van der Waals surface area contributed by atoms with Gasteiger partial charge in [-0.05, 0) is 62.9 Å². The maximum absolute atomic E-state index is 13.2. The predicted molar refractivity (Wildman–Crippen MR) is 122 cm³/mol. The Morgan fingerprint density at radius 1 is 1.16 bits per heavy atom. The van der Waals surface area contributed by atoms with Crippen molar-refractivity contribution in [3.05, 3.63) is 59.2 Å². The fourth-order valence-corrected chi connectivity index (χ4v) is 7.13. The molecule has 2 aromatic rings. The maximum atomic E-state index is 13.2. The van der Waals surface area contributed by atoms with E-state index in [0.717, 1.165) is 50.1 Å². The van der Waals surface area contributed by atoms with Crippen molar-refractivity contribution in [1.82, 2.24) is 4.90 Å². The second-order valence-electron chi connectivity index (χ2n) is 9.84. The van der Waals surface area contributed by atoms with Crippen LogP contribution < -0.4 is 9.47 Å². The van der Waals surface area contributed by atoms with E-state index in [1.165, 1.54) is 16.7 Å². The van der Waals surface area contributed by atoms with E-state index < -0.39 is 17.1 Å². The van der Waals surface area contributed by atoms with E-state index in [-0.39, 0.29) is 11.8 Å². The third-order valence-electron chi connectivity index (χ3n) is 8.50. The van der Waals surface area contributed by atoms with Crippen LogP contribution in [-0.4, -0.2) is 55.7 Å². The lowest BCUT2D eigenvalue weighted by atomic mass is 9.49. The van der Waals surface area contributed by atoms with Crippen LogP contribution in [0.3, 0.4) is 0 Å². The number of carbonyl (C=O) groups is 1. The van der Waals surface area contributed by atoms with Crippen molar-refractivity contribution in [2.45, 2.75) is 61.7 Å². The van der Waals surface area contributed by atoms with E-state index in [1.54, 1.807) is 7.11 Å². The molecule has 0 radical (unpaired) electrons. The maximum Gasteiger partial charge on any atom is 0.174 e. The highest BCUT2D eigenvalue weighted by Crippen LogP contribution is 2.65. The first-order valence-electron chi connectivity index (χ1n) is 11.9. The zero-order valence-corrected chi connectivity index (χ0v) is 18.9. The van der Waals surface area contributed by atoms with Crippen molar-refractivity contribution in [2.24, 2.45) is 0 Å². The third kappa shape index (κ3) is 2.55. The van der Waals surface area contributed by atoms with Gasteiger partial charge in [0.1, 0.15) is 0 Å². The van der Waals surface area contributed by atoms with Crippen LogP contribution in [0.4, 0.5) is 0 Å². The summed E-state index contributed by atoms with van der Waals surface area (Å²) in [5.74, 6) is 1.73. The summed E-state index contributed by atoms with van der Waals surface area (Å²) in [5.41, 5.74) is 3.01. The van der Waals surface area contributed by atoms with E-state index in [9.17, 15) is 4.79 Å². The van der Waals surface area contributed by atoms with Gasteiger partial charge in [-0.2, -0.15) is 0 Å². The van der Waals surface area contributed by atoms with Gasteiger partial charge in [0.2, 0.25) is 0 Å². The quantitative estimate of drug-likeness (QED) is 0.650. The number of likely N-dealkylation sites (tertiary alicyclic amines) is 1. The fourth-order valence-electron chi connectivity index (χ4n) is 7.13. The van der Waals surface area contributed by atoms with Crippen molar-refractivity contribution in [2.75, 3.05) is 27.3 Å². The van der Waals surface area contributed by atoms with Crippen LogP contribution in [0, 0.1) is 0 Å². The van der Waals surface area contributed by atoms with Crippen LogP contribution in [-0.2, 0) is 27.8 Å². The molecule has 2 bridgehead atoms. The number of piperidine rings is 1. The van der Waals surface area contributed by atoms with Crippen molar-refractivity contribution >= 4 is 5.78 Å². The lowest BCUT2D eigenvalue weighted by Gasteiger charge is -2.64. The van der Waals surface area contributed by atoms with Crippen LogP contribution in [0.1, 0.15) is 42.4 Å². The van der Waals surface area contributed by atoms with Gasteiger partial charge in [-0.3, -0.25) is 4.79 Å². The Morgan fingerprint density at radius 2 is 2.00 bits per heavy atom. The average molecular weight is 434 g/mol. The first-order valence-corrected chi connectivity index (χ1v) is 11.9. The summed E-state index contributed by atoms with van der Waals surface area (Å²) in [4.78, 5) is 15.7. The monoisotopic (exact) mass is 433 g/mol. The molecule has 32 heavy (non-hydrogen) atoms. The lowest BCUT2D eigenvalue weighted by molar-refractivity contribution is -0.210. The predicted octanol–water partition coefficient (Wildman–Crippen LogP) is 3.71. The summed E-state index contributed by atoms with van der Waals surface area (Å²) in [6.07, 6.45) is 4.58. The van der Waals surface area contributed by atoms with Gasteiger partial charge in [0, 0.05) is 24.6 Å². The lowest BCUT2D eigenvalue weighted by Crippen LogP contribution is -2.77.